The van der Waals surface area contributed by atoms with Crippen molar-refractivity contribution < 1.29 is 5.11 Å². The minimum Gasteiger partial charge on any atom is -0.396 e. The predicted molar refractivity (Wildman–Crippen MR) is 51.9 cm³/mol. The summed E-state index contributed by atoms with van der Waals surface area (Å²) in [5, 5.41) is 11.7. The molecule has 0 aliphatic rings. The van der Waals surface area contributed by atoms with Gasteiger partial charge in [-0.2, -0.15) is 0 Å². The number of rotatable bonds is 5. The van der Waals surface area contributed by atoms with Crippen molar-refractivity contribution in [3.63, 3.8) is 0 Å². The molecular formula is C8H13BrN2O. The Kier molecular flexibility index (Phi) is 4.35. The van der Waals surface area contributed by atoms with E-state index < -0.39 is 0 Å². The van der Waals surface area contributed by atoms with Crippen molar-refractivity contribution in [2.75, 3.05) is 13.2 Å². The average molecular weight is 233 g/mol. The van der Waals surface area contributed by atoms with Gasteiger partial charge in [0.25, 0.3) is 0 Å². The summed E-state index contributed by atoms with van der Waals surface area (Å²) >= 11 is 3.36. The highest BCUT2D eigenvalue weighted by Gasteiger charge is 1.94. The third kappa shape index (κ3) is 3.38. The number of halogens is 1. The Labute approximate surface area is 80.3 Å². The minimum atomic E-state index is 0.251. The van der Waals surface area contributed by atoms with E-state index in [-0.39, 0.29) is 6.61 Å². The number of hydrogen-bond acceptors (Lipinski definition) is 2. The number of nitrogens with one attached hydrogen (secondary N) is 2. The molecule has 1 aromatic heterocycles. The molecule has 12 heavy (non-hydrogen) atoms. The molecule has 0 amide bonds. The quantitative estimate of drug-likeness (QED) is 0.670. The molecule has 0 aliphatic heterocycles. The van der Waals surface area contributed by atoms with Crippen molar-refractivity contribution in [3.05, 3.63) is 22.4 Å². The van der Waals surface area contributed by atoms with Crippen LogP contribution in [0.3, 0.4) is 0 Å². The monoisotopic (exact) mass is 232 g/mol. The molecular weight excluding hydrogens is 220 g/mol. The third-order valence-electron chi connectivity index (χ3n) is 1.53. The zero-order valence-electron chi connectivity index (χ0n) is 6.81. The molecule has 0 aromatic carbocycles. The van der Waals surface area contributed by atoms with Crippen LogP contribution >= 0.6 is 15.9 Å². The summed E-state index contributed by atoms with van der Waals surface area (Å²) in [7, 11) is 0. The largest absolute Gasteiger partial charge is 0.396 e. The number of aliphatic hydroxyl groups is 1. The van der Waals surface area contributed by atoms with E-state index in [4.69, 9.17) is 5.11 Å². The second-order valence-electron chi connectivity index (χ2n) is 2.60. The maximum Gasteiger partial charge on any atom is 0.0443 e. The summed E-state index contributed by atoms with van der Waals surface area (Å²) in [6.07, 6.45) is 2.71. The summed E-state index contributed by atoms with van der Waals surface area (Å²) in [6.45, 7) is 1.93. The van der Waals surface area contributed by atoms with Gasteiger partial charge < -0.3 is 15.4 Å². The molecule has 0 atom stereocenters. The average Bonchev–Trinajstić information content (AvgIpc) is 2.45. The van der Waals surface area contributed by atoms with Crippen LogP contribution in [0.5, 0.6) is 0 Å². The molecule has 4 heteroatoms. The summed E-state index contributed by atoms with van der Waals surface area (Å²) in [5.74, 6) is 0. The maximum atomic E-state index is 8.51. The Morgan fingerprint density at radius 3 is 3.00 bits per heavy atom. The molecule has 0 aliphatic carbocycles. The Morgan fingerprint density at radius 2 is 2.42 bits per heavy atom. The second kappa shape index (κ2) is 5.35. The first-order valence-electron chi connectivity index (χ1n) is 3.97. The zero-order valence-corrected chi connectivity index (χ0v) is 8.39. The van der Waals surface area contributed by atoms with Gasteiger partial charge in [-0.05, 0) is 35.0 Å². The van der Waals surface area contributed by atoms with E-state index in [2.05, 4.69) is 26.2 Å². The van der Waals surface area contributed by atoms with Crippen molar-refractivity contribution in [2.24, 2.45) is 0 Å². The van der Waals surface area contributed by atoms with Gasteiger partial charge in [0.2, 0.25) is 0 Å². The highest BCUT2D eigenvalue weighted by Crippen LogP contribution is 2.09. The lowest BCUT2D eigenvalue weighted by atomic mass is 10.4. The van der Waals surface area contributed by atoms with Crippen LogP contribution in [0.15, 0.2) is 16.7 Å². The molecule has 3 N–H and O–H groups in total. The molecule has 1 heterocycles. The molecule has 1 rings (SSSR count). The number of aliphatic hydroxyl groups excluding tert-OH is 1. The summed E-state index contributed by atoms with van der Waals surface area (Å²) < 4.78 is 1.07. The van der Waals surface area contributed by atoms with E-state index in [0.717, 1.165) is 29.7 Å². The fourth-order valence-electron chi connectivity index (χ4n) is 0.941. The molecule has 68 valence electrons. The normalized spacial score (nSPS) is 10.5. The van der Waals surface area contributed by atoms with Gasteiger partial charge in [-0.25, -0.2) is 0 Å². The van der Waals surface area contributed by atoms with Crippen LogP contribution in [-0.4, -0.2) is 23.2 Å². The van der Waals surface area contributed by atoms with Crippen molar-refractivity contribution in [3.8, 4) is 0 Å². The van der Waals surface area contributed by atoms with Crippen LogP contribution in [0.4, 0.5) is 0 Å². The molecule has 0 spiro atoms. The molecule has 0 bridgehead atoms. The van der Waals surface area contributed by atoms with Crippen molar-refractivity contribution in [2.45, 2.75) is 13.0 Å². The summed E-state index contributed by atoms with van der Waals surface area (Å²) in [5.41, 5.74) is 1.15. The fourth-order valence-corrected chi connectivity index (χ4v) is 1.33. The molecule has 1 aromatic rings. The number of H-pyrrole nitrogens is 1. The van der Waals surface area contributed by atoms with Gasteiger partial charge in [0, 0.05) is 29.5 Å². The van der Waals surface area contributed by atoms with Crippen molar-refractivity contribution in [1.29, 1.82) is 0 Å². The molecule has 0 fully saturated rings. The second-order valence-corrected chi connectivity index (χ2v) is 3.51. The van der Waals surface area contributed by atoms with Crippen molar-refractivity contribution in [1.82, 2.24) is 10.3 Å². The molecule has 0 radical (unpaired) electrons. The van der Waals surface area contributed by atoms with Gasteiger partial charge >= 0.3 is 0 Å². The van der Waals surface area contributed by atoms with Crippen LogP contribution < -0.4 is 5.32 Å². The molecule has 0 unspecified atom stereocenters. The molecule has 3 nitrogen and oxygen atoms in total. The van der Waals surface area contributed by atoms with Crippen LogP contribution in [0.2, 0.25) is 0 Å². The standard InChI is InChI=1S/C8H13BrN2O/c9-7-4-8(11-5-7)6-10-2-1-3-12/h4-5,10-12H,1-3,6H2. The van der Waals surface area contributed by atoms with Crippen LogP contribution in [0.25, 0.3) is 0 Å². The summed E-state index contributed by atoms with van der Waals surface area (Å²) in [6, 6.07) is 2.03. The Bertz CT molecular complexity index is 225. The van der Waals surface area contributed by atoms with Gasteiger partial charge in [-0.15, -0.1) is 0 Å². The lowest BCUT2D eigenvalue weighted by Crippen LogP contribution is -2.15. The Hall–Kier alpha value is -0.320. The van der Waals surface area contributed by atoms with Gasteiger partial charge in [0.05, 0.1) is 0 Å². The first kappa shape index (κ1) is 9.77. The minimum absolute atomic E-state index is 0.251. The Morgan fingerprint density at radius 1 is 1.58 bits per heavy atom. The molecule has 0 saturated heterocycles. The topological polar surface area (TPSA) is 48.0 Å². The first-order valence-corrected chi connectivity index (χ1v) is 4.76. The van der Waals surface area contributed by atoms with Gasteiger partial charge in [-0.3, -0.25) is 0 Å². The van der Waals surface area contributed by atoms with E-state index in [1.165, 1.54) is 0 Å². The SMILES string of the molecule is OCCCNCc1cc(Br)c[nH]1. The zero-order chi connectivity index (χ0) is 8.81. The smallest absolute Gasteiger partial charge is 0.0443 e. The van der Waals surface area contributed by atoms with E-state index in [0.29, 0.717) is 0 Å². The highest BCUT2D eigenvalue weighted by atomic mass is 79.9. The number of aromatic amines is 1. The number of hydrogen-bond donors (Lipinski definition) is 3. The summed E-state index contributed by atoms with van der Waals surface area (Å²) in [4.78, 5) is 3.11. The van der Waals surface area contributed by atoms with E-state index in [1.54, 1.807) is 0 Å². The van der Waals surface area contributed by atoms with Crippen LogP contribution in [-0.2, 0) is 6.54 Å². The van der Waals surface area contributed by atoms with Gasteiger partial charge in [0.15, 0.2) is 0 Å². The van der Waals surface area contributed by atoms with Crippen LogP contribution in [0.1, 0.15) is 12.1 Å². The van der Waals surface area contributed by atoms with Crippen LogP contribution in [0, 0.1) is 0 Å². The van der Waals surface area contributed by atoms with E-state index in [9.17, 15) is 0 Å². The van der Waals surface area contributed by atoms with Crippen molar-refractivity contribution >= 4 is 15.9 Å². The maximum absolute atomic E-state index is 8.51. The first-order chi connectivity index (χ1) is 5.83. The fraction of sp³-hybridized carbons (Fsp3) is 0.500. The third-order valence-corrected chi connectivity index (χ3v) is 1.99. The number of aromatic nitrogens is 1. The van der Waals surface area contributed by atoms with Gasteiger partial charge in [-0.1, -0.05) is 0 Å². The predicted octanol–water partition coefficient (Wildman–Crippen LogP) is 1.25. The van der Waals surface area contributed by atoms with E-state index >= 15 is 0 Å². The molecule has 0 saturated carbocycles. The Balaban J connectivity index is 2.15. The van der Waals surface area contributed by atoms with E-state index in [1.807, 2.05) is 12.3 Å². The highest BCUT2D eigenvalue weighted by molar-refractivity contribution is 9.10. The van der Waals surface area contributed by atoms with Gasteiger partial charge in [0.1, 0.15) is 0 Å². The lowest BCUT2D eigenvalue weighted by Gasteiger charge is -2.00. The lowest BCUT2D eigenvalue weighted by molar-refractivity contribution is 0.286.